The maximum absolute atomic E-state index is 12.4. The van der Waals surface area contributed by atoms with Crippen molar-refractivity contribution in [2.24, 2.45) is 11.3 Å². The third-order valence-corrected chi connectivity index (χ3v) is 8.87. The molecule has 3 saturated heterocycles. The standard InChI is InChI=1S/C26H36N2O3S/c1-5-15-32(29,30)24-13-9-21(10-14-24)27-17-20-16-26(3,4)25(19-27)28(18-20)22-7-11-23(12-8-22)31-6-2/h7-14,20,25H,5-6,15-19H2,1-4H3/t20-,25-/m1/s1. The van der Waals surface area contributed by atoms with Gasteiger partial charge in [0.25, 0.3) is 0 Å². The summed E-state index contributed by atoms with van der Waals surface area (Å²) in [4.78, 5) is 5.45. The number of rotatable bonds is 7. The van der Waals surface area contributed by atoms with E-state index in [0.29, 0.717) is 29.9 Å². The summed E-state index contributed by atoms with van der Waals surface area (Å²) in [6, 6.07) is 16.4. The van der Waals surface area contributed by atoms with Gasteiger partial charge in [-0.25, -0.2) is 8.42 Å². The molecule has 6 heteroatoms. The van der Waals surface area contributed by atoms with Crippen LogP contribution in [0, 0.1) is 11.3 Å². The lowest BCUT2D eigenvalue weighted by Crippen LogP contribution is -2.53. The summed E-state index contributed by atoms with van der Waals surface area (Å²) in [6.45, 7) is 12.3. The molecule has 5 nitrogen and oxygen atoms in total. The van der Waals surface area contributed by atoms with Crippen LogP contribution in [0.25, 0.3) is 0 Å². The van der Waals surface area contributed by atoms with Crippen molar-refractivity contribution >= 4 is 21.2 Å². The Kier molecular flexibility index (Phi) is 6.44. The normalized spacial score (nSPS) is 22.6. The van der Waals surface area contributed by atoms with Gasteiger partial charge in [-0.3, -0.25) is 0 Å². The first kappa shape index (κ1) is 23.0. The quantitative estimate of drug-likeness (QED) is 0.586. The van der Waals surface area contributed by atoms with Gasteiger partial charge in [-0.15, -0.1) is 0 Å². The summed E-state index contributed by atoms with van der Waals surface area (Å²) >= 11 is 0. The molecule has 0 amide bonds. The highest BCUT2D eigenvalue weighted by molar-refractivity contribution is 7.91. The van der Waals surface area contributed by atoms with Gasteiger partial charge in [-0.2, -0.15) is 0 Å². The Morgan fingerprint density at radius 1 is 0.938 bits per heavy atom. The van der Waals surface area contributed by atoms with Crippen LogP contribution in [0.1, 0.15) is 40.5 Å². The molecule has 3 heterocycles. The molecule has 2 atom stereocenters. The minimum Gasteiger partial charge on any atom is -0.494 e. The molecule has 3 aliphatic heterocycles. The maximum Gasteiger partial charge on any atom is 0.178 e. The fourth-order valence-electron chi connectivity index (χ4n) is 5.48. The van der Waals surface area contributed by atoms with Gasteiger partial charge in [0.05, 0.1) is 23.3 Å². The van der Waals surface area contributed by atoms with Crippen LogP contribution in [-0.2, 0) is 9.84 Å². The van der Waals surface area contributed by atoms with Crippen LogP contribution < -0.4 is 14.5 Å². The predicted molar refractivity (Wildman–Crippen MR) is 132 cm³/mol. The maximum atomic E-state index is 12.4. The van der Waals surface area contributed by atoms with Gasteiger partial charge in [0.15, 0.2) is 9.84 Å². The fourth-order valence-corrected chi connectivity index (χ4v) is 6.81. The predicted octanol–water partition coefficient (Wildman–Crippen LogP) is 5.01. The van der Waals surface area contributed by atoms with Gasteiger partial charge in [0, 0.05) is 31.0 Å². The monoisotopic (exact) mass is 456 g/mol. The zero-order valence-corrected chi connectivity index (χ0v) is 20.6. The van der Waals surface area contributed by atoms with Crippen molar-refractivity contribution < 1.29 is 13.2 Å². The number of hydrogen-bond acceptors (Lipinski definition) is 5. The van der Waals surface area contributed by atoms with Gasteiger partial charge < -0.3 is 14.5 Å². The van der Waals surface area contributed by atoms with E-state index in [0.717, 1.165) is 31.1 Å². The molecular formula is C26H36N2O3S. The first-order valence-corrected chi connectivity index (χ1v) is 13.5. The van der Waals surface area contributed by atoms with Gasteiger partial charge in [0.2, 0.25) is 0 Å². The Labute approximate surface area is 193 Å². The average molecular weight is 457 g/mol. The molecule has 2 bridgehead atoms. The van der Waals surface area contributed by atoms with Gasteiger partial charge >= 0.3 is 0 Å². The molecule has 0 aliphatic carbocycles. The Morgan fingerprint density at radius 3 is 2.22 bits per heavy atom. The summed E-state index contributed by atoms with van der Waals surface area (Å²) in [5.41, 5.74) is 2.56. The topological polar surface area (TPSA) is 49.9 Å². The van der Waals surface area contributed by atoms with E-state index in [1.165, 1.54) is 12.1 Å². The molecule has 5 rings (SSSR count). The summed E-state index contributed by atoms with van der Waals surface area (Å²) in [7, 11) is -3.18. The van der Waals surface area contributed by atoms with Crippen LogP contribution in [0.3, 0.4) is 0 Å². The number of sulfone groups is 1. The summed E-state index contributed by atoms with van der Waals surface area (Å²) < 4.78 is 30.4. The highest BCUT2D eigenvalue weighted by Crippen LogP contribution is 2.44. The van der Waals surface area contributed by atoms with Crippen molar-refractivity contribution in [3.8, 4) is 5.75 Å². The first-order chi connectivity index (χ1) is 15.2. The molecule has 174 valence electrons. The molecule has 2 aromatic carbocycles. The summed E-state index contributed by atoms with van der Waals surface area (Å²) in [6.07, 6.45) is 1.83. The van der Waals surface area contributed by atoms with Crippen molar-refractivity contribution in [2.75, 3.05) is 41.8 Å². The van der Waals surface area contributed by atoms with E-state index < -0.39 is 9.84 Å². The van der Waals surface area contributed by atoms with Crippen LogP contribution >= 0.6 is 0 Å². The van der Waals surface area contributed by atoms with E-state index >= 15 is 0 Å². The molecule has 32 heavy (non-hydrogen) atoms. The molecule has 0 radical (unpaired) electrons. The number of ether oxygens (including phenoxy) is 1. The number of piperidine rings is 1. The lowest BCUT2D eigenvalue weighted by Gasteiger charge is -2.48. The fraction of sp³-hybridized carbons (Fsp3) is 0.538. The van der Waals surface area contributed by atoms with E-state index in [2.05, 4.69) is 47.9 Å². The molecule has 3 fully saturated rings. The molecule has 0 saturated carbocycles. The van der Waals surface area contributed by atoms with Crippen molar-refractivity contribution in [1.82, 2.24) is 0 Å². The van der Waals surface area contributed by atoms with E-state index in [9.17, 15) is 8.42 Å². The van der Waals surface area contributed by atoms with E-state index in [4.69, 9.17) is 4.74 Å². The molecule has 3 aliphatic rings. The van der Waals surface area contributed by atoms with Crippen molar-refractivity contribution in [3.63, 3.8) is 0 Å². The molecule has 0 aromatic heterocycles. The second-order valence-electron chi connectivity index (χ2n) is 9.87. The SMILES string of the molecule is CCCS(=O)(=O)c1ccc(N2C[C@@H]3CN(c4ccc(OCC)cc4)[C@H](C2)C(C)(C)C3)cc1. The van der Waals surface area contributed by atoms with Crippen LogP contribution in [0.4, 0.5) is 11.4 Å². The van der Waals surface area contributed by atoms with Crippen molar-refractivity contribution in [1.29, 1.82) is 0 Å². The van der Waals surface area contributed by atoms with Crippen molar-refractivity contribution in [3.05, 3.63) is 48.5 Å². The van der Waals surface area contributed by atoms with Crippen LogP contribution in [0.5, 0.6) is 5.75 Å². The Bertz CT molecular complexity index is 1020. The van der Waals surface area contributed by atoms with E-state index in [-0.39, 0.29) is 11.2 Å². The molecule has 0 unspecified atom stereocenters. The number of anilines is 2. The molecule has 0 N–H and O–H groups in total. The number of nitrogens with zero attached hydrogens (tertiary/aromatic N) is 2. The van der Waals surface area contributed by atoms with Crippen molar-refractivity contribution in [2.45, 2.75) is 51.5 Å². The molecule has 2 aromatic rings. The van der Waals surface area contributed by atoms with Crippen LogP contribution in [-0.4, -0.2) is 46.5 Å². The third-order valence-electron chi connectivity index (χ3n) is 6.93. The largest absolute Gasteiger partial charge is 0.494 e. The zero-order valence-electron chi connectivity index (χ0n) is 19.8. The molecular weight excluding hydrogens is 420 g/mol. The van der Waals surface area contributed by atoms with Gasteiger partial charge in [-0.05, 0) is 79.6 Å². The minimum atomic E-state index is -3.18. The lowest BCUT2D eigenvalue weighted by atomic mass is 9.73. The Morgan fingerprint density at radius 2 is 1.59 bits per heavy atom. The third kappa shape index (κ3) is 4.61. The lowest BCUT2D eigenvalue weighted by molar-refractivity contribution is 0.192. The van der Waals surface area contributed by atoms with E-state index in [1.807, 2.05) is 26.0 Å². The number of hydrogen-bond donors (Lipinski definition) is 0. The molecule has 0 spiro atoms. The average Bonchev–Trinajstić information content (AvgIpc) is 3.02. The Hall–Kier alpha value is -2.21. The second kappa shape index (κ2) is 8.97. The summed E-state index contributed by atoms with van der Waals surface area (Å²) in [5.74, 6) is 1.67. The second-order valence-corrected chi connectivity index (χ2v) is 12.0. The highest BCUT2D eigenvalue weighted by atomic mass is 32.2. The van der Waals surface area contributed by atoms with Gasteiger partial charge in [0.1, 0.15) is 5.75 Å². The highest BCUT2D eigenvalue weighted by Gasteiger charge is 2.45. The minimum absolute atomic E-state index is 0.195. The van der Waals surface area contributed by atoms with Crippen LogP contribution in [0.2, 0.25) is 0 Å². The zero-order chi connectivity index (χ0) is 22.9. The summed E-state index contributed by atoms with van der Waals surface area (Å²) in [5, 5.41) is 0. The van der Waals surface area contributed by atoms with Crippen LogP contribution in [0.15, 0.2) is 53.4 Å². The smallest absolute Gasteiger partial charge is 0.178 e. The number of benzene rings is 2. The van der Waals surface area contributed by atoms with Gasteiger partial charge in [-0.1, -0.05) is 20.8 Å². The Balaban J connectivity index is 1.58. The van der Waals surface area contributed by atoms with E-state index in [1.54, 1.807) is 12.1 Å². The number of fused-ring (bicyclic) bond motifs is 4. The first-order valence-electron chi connectivity index (χ1n) is 11.8.